The number of hydrogen-bond donors (Lipinski definition) is 0. The van der Waals surface area contributed by atoms with Crippen molar-refractivity contribution in [3.8, 4) is 62.1 Å². The second-order valence-electron chi connectivity index (χ2n) is 20.0. The van der Waals surface area contributed by atoms with Gasteiger partial charge in [-0.2, -0.15) is 18.2 Å². The average molecular weight is 1090 g/mol. The van der Waals surface area contributed by atoms with Crippen LogP contribution < -0.4 is 9.30 Å². The molecule has 3 aromatic heterocycles. The zero-order valence-electron chi connectivity index (χ0n) is 40.6. The van der Waals surface area contributed by atoms with Gasteiger partial charge in [-0.1, -0.05) is 187 Å². The number of pyridine rings is 1. The van der Waals surface area contributed by atoms with Crippen molar-refractivity contribution in [2.24, 2.45) is 0 Å². The van der Waals surface area contributed by atoms with Crippen molar-refractivity contribution >= 4 is 32.8 Å². The molecule has 0 radical (unpaired) electrons. The molecule has 348 valence electrons. The third-order valence-electron chi connectivity index (χ3n) is 13.3. The second-order valence-corrected chi connectivity index (χ2v) is 20.0. The Morgan fingerprint density at radius 2 is 1.20 bits per heavy atom. The van der Waals surface area contributed by atoms with Gasteiger partial charge in [0.1, 0.15) is 5.82 Å². The van der Waals surface area contributed by atoms with E-state index >= 15 is 0 Å². The summed E-state index contributed by atoms with van der Waals surface area (Å²) >= 11 is 0. The summed E-state index contributed by atoms with van der Waals surface area (Å²) in [5.41, 5.74) is 16.5. The number of aryl methyl sites for hydroxylation is 1. The molecule has 0 amide bonds. The first-order valence-electron chi connectivity index (χ1n) is 23.9. The van der Waals surface area contributed by atoms with Gasteiger partial charge in [-0.15, -0.1) is 29.7 Å². The van der Waals surface area contributed by atoms with Gasteiger partial charge in [0.15, 0.2) is 0 Å². The number of para-hydroxylation sites is 3. The van der Waals surface area contributed by atoms with Crippen LogP contribution in [-0.4, -0.2) is 14.1 Å². The smallest absolute Gasteiger partial charge is 0.268 e. The van der Waals surface area contributed by atoms with Crippen LogP contribution in [0.1, 0.15) is 65.2 Å². The van der Waals surface area contributed by atoms with Crippen molar-refractivity contribution < 1.29 is 30.4 Å². The van der Waals surface area contributed by atoms with E-state index in [9.17, 15) is 0 Å². The molecule has 6 heteroatoms. The molecule has 0 atom stereocenters. The van der Waals surface area contributed by atoms with Crippen molar-refractivity contribution in [2.45, 2.75) is 65.7 Å². The van der Waals surface area contributed by atoms with Crippen LogP contribution in [0.3, 0.4) is 0 Å². The molecular formula is C64H54N4OPt-2. The first-order valence-corrected chi connectivity index (χ1v) is 23.9. The van der Waals surface area contributed by atoms with Crippen LogP contribution in [0.5, 0.6) is 11.5 Å². The van der Waals surface area contributed by atoms with E-state index in [1.165, 1.54) is 27.8 Å². The molecule has 0 saturated carbocycles. The van der Waals surface area contributed by atoms with E-state index in [2.05, 4.69) is 244 Å². The summed E-state index contributed by atoms with van der Waals surface area (Å²) in [5, 5.41) is 2.20. The zero-order valence-corrected chi connectivity index (χ0v) is 42.9. The Labute approximate surface area is 426 Å². The van der Waals surface area contributed by atoms with Crippen LogP contribution in [0.2, 0.25) is 0 Å². The molecule has 0 spiro atoms. The van der Waals surface area contributed by atoms with Crippen LogP contribution in [0.25, 0.3) is 83.4 Å². The molecule has 0 saturated heterocycles. The van der Waals surface area contributed by atoms with Gasteiger partial charge in [0.05, 0.1) is 16.7 Å². The number of imidazole rings is 1. The van der Waals surface area contributed by atoms with Crippen molar-refractivity contribution in [1.82, 2.24) is 14.1 Å². The van der Waals surface area contributed by atoms with Crippen molar-refractivity contribution in [2.75, 3.05) is 0 Å². The summed E-state index contributed by atoms with van der Waals surface area (Å²) in [6.45, 7) is 16.0. The third kappa shape index (κ3) is 8.69. The normalized spacial score (nSPS) is 11.9. The van der Waals surface area contributed by atoms with E-state index in [-0.39, 0.29) is 31.9 Å². The summed E-state index contributed by atoms with van der Waals surface area (Å²) < 4.78 is 13.3. The Morgan fingerprint density at radius 1 is 0.543 bits per heavy atom. The number of benzene rings is 8. The van der Waals surface area contributed by atoms with E-state index in [0.29, 0.717) is 11.5 Å². The fraction of sp³-hybridized carbons (Fsp3) is 0.156. The van der Waals surface area contributed by atoms with Crippen molar-refractivity contribution in [3.05, 3.63) is 223 Å². The summed E-state index contributed by atoms with van der Waals surface area (Å²) in [5.74, 6) is 2.00. The van der Waals surface area contributed by atoms with E-state index in [0.717, 1.165) is 78.7 Å². The number of hydrogen-bond acceptors (Lipinski definition) is 2. The molecule has 11 aromatic rings. The molecule has 0 fully saturated rings. The maximum Gasteiger partial charge on any atom is 0.268 e. The van der Waals surface area contributed by atoms with E-state index < -0.39 is 0 Å². The van der Waals surface area contributed by atoms with Gasteiger partial charge in [0, 0.05) is 44.3 Å². The molecule has 0 aliphatic carbocycles. The predicted octanol–water partition coefficient (Wildman–Crippen LogP) is 15.7. The number of fused-ring (bicyclic) bond motifs is 4. The van der Waals surface area contributed by atoms with E-state index in [1.807, 2.05) is 24.4 Å². The van der Waals surface area contributed by atoms with Gasteiger partial charge in [0.2, 0.25) is 0 Å². The Hall–Kier alpha value is -7.33. The van der Waals surface area contributed by atoms with Crippen LogP contribution in [0, 0.1) is 18.5 Å². The summed E-state index contributed by atoms with van der Waals surface area (Å²) in [6, 6.07) is 71.9. The maximum atomic E-state index is 6.73. The third-order valence-corrected chi connectivity index (χ3v) is 13.3. The molecule has 70 heavy (non-hydrogen) atoms. The first-order chi connectivity index (χ1) is 33.4. The molecule has 0 aliphatic rings. The van der Waals surface area contributed by atoms with Crippen molar-refractivity contribution in [3.63, 3.8) is 0 Å². The second kappa shape index (κ2) is 18.5. The summed E-state index contributed by atoms with van der Waals surface area (Å²) in [4.78, 5) is 4.88. The van der Waals surface area contributed by atoms with Crippen LogP contribution >= 0.6 is 0 Å². The van der Waals surface area contributed by atoms with Crippen LogP contribution in [-0.2, 0) is 38.3 Å². The molecule has 0 unspecified atom stereocenters. The van der Waals surface area contributed by atoms with Crippen LogP contribution in [0.4, 0.5) is 0 Å². The molecule has 11 rings (SSSR count). The number of nitrogens with zero attached hydrogens (tertiary/aromatic N) is 4. The fourth-order valence-corrected chi connectivity index (χ4v) is 9.50. The minimum absolute atomic E-state index is 0. The number of aromatic nitrogens is 4. The fourth-order valence-electron chi connectivity index (χ4n) is 9.50. The Morgan fingerprint density at radius 3 is 1.91 bits per heavy atom. The molecule has 5 nitrogen and oxygen atoms in total. The Balaban J connectivity index is 0.00000567. The van der Waals surface area contributed by atoms with E-state index in [4.69, 9.17) is 9.72 Å². The largest absolute Gasteiger partial charge is 0.510 e. The van der Waals surface area contributed by atoms with Crippen LogP contribution in [0.15, 0.2) is 188 Å². The maximum absolute atomic E-state index is 6.73. The molecule has 0 N–H and O–H groups in total. The average Bonchev–Trinajstić information content (AvgIpc) is 3.91. The quantitative estimate of drug-likeness (QED) is 0.107. The van der Waals surface area contributed by atoms with E-state index in [1.54, 1.807) is 0 Å². The van der Waals surface area contributed by atoms with Gasteiger partial charge in [0.25, 0.3) is 6.33 Å². The molecule has 0 bridgehead atoms. The minimum atomic E-state index is -0.0439. The Kier molecular flexibility index (Phi) is 12.3. The summed E-state index contributed by atoms with van der Waals surface area (Å²) in [6.07, 6.45) is 6.65. The van der Waals surface area contributed by atoms with Gasteiger partial charge in [-0.3, -0.25) is 4.57 Å². The zero-order chi connectivity index (χ0) is 47.4. The van der Waals surface area contributed by atoms with Gasteiger partial charge in [-0.25, -0.2) is 4.98 Å². The standard InChI is InChI=1S/C64H54N4O.Pt/c1-8-43-33-34-65-61(35-43)68-57-32-29-46(44-19-11-9-12-20-44)38-56(57)55-31-30-52(41-60(55)68)69-51-24-17-23-50(40-51)66-42-67(59-28-16-15-27-58(59)66)62-53(45-21-13-10-14-22-45)25-18-26-54(62)47-36-48(63(2,3)4)39-49(37-47)64(5,6)7;/h9-39H,8H2,1-7H3;/q-2;. The first kappa shape index (κ1) is 46.4. The Bertz CT molecular complexity index is 3670. The number of rotatable bonds is 9. The number of ether oxygens (including phenoxy) is 1. The molecular weight excluding hydrogens is 1040 g/mol. The van der Waals surface area contributed by atoms with Gasteiger partial charge >= 0.3 is 0 Å². The molecule has 0 aliphatic heterocycles. The topological polar surface area (TPSA) is 35.9 Å². The summed E-state index contributed by atoms with van der Waals surface area (Å²) in [7, 11) is 0. The predicted molar refractivity (Wildman–Crippen MR) is 283 cm³/mol. The molecule has 8 aromatic carbocycles. The minimum Gasteiger partial charge on any atom is -0.510 e. The van der Waals surface area contributed by atoms with Crippen molar-refractivity contribution in [1.29, 1.82) is 0 Å². The van der Waals surface area contributed by atoms with Gasteiger partial charge < -0.3 is 13.9 Å². The monoisotopic (exact) mass is 1090 g/mol. The molecule has 3 heterocycles. The van der Waals surface area contributed by atoms with Gasteiger partial charge in [-0.05, 0) is 96.6 Å². The SMILES string of the molecule is CCc1ccnc(-n2c3[c-]c(Oc4[c-]c(-n5[c-][n+](-c6c(-c7ccccc7)cccc6-c6cc(C(C)(C)C)cc(C(C)(C)C)c6)c6ccccc65)ccc4)ccc3c3cc(-c4ccccc4)ccc32)c1.[Pt].